The molecule has 5 nitrogen and oxygen atoms in total. The van der Waals surface area contributed by atoms with Gasteiger partial charge in [0.2, 0.25) is 5.82 Å². The molecule has 2 rings (SSSR count). The molecule has 0 spiro atoms. The molecular formula is C9H9ClN4O. The third kappa shape index (κ3) is 2.35. The highest BCUT2D eigenvalue weighted by atomic mass is 35.5. The lowest BCUT2D eigenvalue weighted by Crippen LogP contribution is -2.40. The number of ether oxygens (including phenoxy) is 1. The number of halogens is 1. The molecule has 0 radical (unpaired) electrons. The van der Waals surface area contributed by atoms with E-state index in [1.54, 1.807) is 12.3 Å². The monoisotopic (exact) mass is 224 g/mol. The van der Waals surface area contributed by atoms with E-state index in [9.17, 15) is 0 Å². The largest absolute Gasteiger partial charge is 0.359 e. The van der Waals surface area contributed by atoms with E-state index in [0.29, 0.717) is 13.2 Å². The molecule has 0 saturated carbocycles. The molecule has 2 heterocycles. The van der Waals surface area contributed by atoms with Gasteiger partial charge in [0.1, 0.15) is 17.5 Å². The second-order valence-electron chi connectivity index (χ2n) is 3.08. The van der Waals surface area contributed by atoms with Crippen molar-refractivity contribution in [1.82, 2.24) is 9.97 Å². The van der Waals surface area contributed by atoms with Gasteiger partial charge in [-0.3, -0.25) is 0 Å². The first-order chi connectivity index (χ1) is 7.29. The number of hydrogen-bond acceptors (Lipinski definition) is 5. The van der Waals surface area contributed by atoms with E-state index in [0.717, 1.165) is 12.4 Å². The predicted octanol–water partition coefficient (Wildman–Crippen LogP) is 0.750. The number of aromatic nitrogens is 2. The lowest BCUT2D eigenvalue weighted by atomic mass is 10.4. The number of hydrogen-bond donors (Lipinski definition) is 0. The Labute approximate surface area is 92.3 Å². The molecule has 1 atom stereocenters. The molecule has 1 aliphatic heterocycles. The highest BCUT2D eigenvalue weighted by Gasteiger charge is 2.19. The second-order valence-corrected chi connectivity index (χ2v) is 3.56. The third-order valence-electron chi connectivity index (χ3n) is 2.09. The van der Waals surface area contributed by atoms with Crippen LogP contribution in [0.15, 0.2) is 12.3 Å². The van der Waals surface area contributed by atoms with Gasteiger partial charge in [0.25, 0.3) is 0 Å². The van der Waals surface area contributed by atoms with Crippen molar-refractivity contribution >= 4 is 17.4 Å². The van der Waals surface area contributed by atoms with Gasteiger partial charge in [0, 0.05) is 12.7 Å². The minimum Gasteiger partial charge on any atom is -0.359 e. The first kappa shape index (κ1) is 10.1. The summed E-state index contributed by atoms with van der Waals surface area (Å²) in [6.45, 7) is 1.87. The Morgan fingerprint density at radius 3 is 3.27 bits per heavy atom. The Morgan fingerprint density at radius 1 is 1.67 bits per heavy atom. The zero-order valence-corrected chi connectivity index (χ0v) is 8.68. The summed E-state index contributed by atoms with van der Waals surface area (Å²) in [6.07, 6.45) is 1.57. The Hall–Kier alpha value is -1.38. The van der Waals surface area contributed by atoms with E-state index in [-0.39, 0.29) is 11.4 Å². The first-order valence-electron chi connectivity index (χ1n) is 4.53. The van der Waals surface area contributed by atoms with Crippen LogP contribution < -0.4 is 4.90 Å². The summed E-state index contributed by atoms with van der Waals surface area (Å²) < 4.78 is 5.20. The number of morpholine rings is 1. The van der Waals surface area contributed by atoms with Crippen molar-refractivity contribution in [1.29, 1.82) is 5.26 Å². The Morgan fingerprint density at radius 2 is 2.53 bits per heavy atom. The minimum absolute atomic E-state index is 0.171. The van der Waals surface area contributed by atoms with Crippen LogP contribution in [0.2, 0.25) is 0 Å². The predicted molar refractivity (Wildman–Crippen MR) is 54.6 cm³/mol. The van der Waals surface area contributed by atoms with Gasteiger partial charge in [-0.1, -0.05) is 11.6 Å². The molecule has 1 aromatic rings. The summed E-state index contributed by atoms with van der Waals surface area (Å²) in [5.41, 5.74) is -0.320. The fourth-order valence-electron chi connectivity index (χ4n) is 1.40. The quantitative estimate of drug-likeness (QED) is 0.659. The van der Waals surface area contributed by atoms with Crippen molar-refractivity contribution in [3.05, 3.63) is 18.1 Å². The van der Waals surface area contributed by atoms with Gasteiger partial charge in [0.15, 0.2) is 0 Å². The maximum Gasteiger partial charge on any atom is 0.234 e. The summed E-state index contributed by atoms with van der Waals surface area (Å²) >= 11 is 5.86. The lowest BCUT2D eigenvalue weighted by Gasteiger charge is -2.30. The van der Waals surface area contributed by atoms with Crippen LogP contribution >= 0.6 is 11.6 Å². The molecule has 0 N–H and O–H groups in total. The zero-order chi connectivity index (χ0) is 10.7. The van der Waals surface area contributed by atoms with Crippen LogP contribution in [0, 0.1) is 11.3 Å². The summed E-state index contributed by atoms with van der Waals surface area (Å²) in [5, 5.41) is 8.67. The summed E-state index contributed by atoms with van der Waals surface area (Å²) in [4.78, 5) is 9.87. The van der Waals surface area contributed by atoms with E-state index in [1.807, 2.05) is 11.0 Å². The van der Waals surface area contributed by atoms with Gasteiger partial charge in [-0.25, -0.2) is 9.97 Å². The summed E-state index contributed by atoms with van der Waals surface area (Å²) in [6, 6.07) is 3.66. The number of rotatable bonds is 1. The standard InChI is InChI=1S/C9H9ClN4O/c10-7-6-14(3-4-15-7)9-1-2-12-8(5-11)13-9/h1-2,7H,3-4,6H2. The van der Waals surface area contributed by atoms with Crippen LogP contribution in [-0.2, 0) is 4.74 Å². The van der Waals surface area contributed by atoms with Crippen LogP contribution in [0.5, 0.6) is 0 Å². The van der Waals surface area contributed by atoms with Gasteiger partial charge in [0.05, 0.1) is 13.2 Å². The number of nitrogens with zero attached hydrogens (tertiary/aromatic N) is 4. The van der Waals surface area contributed by atoms with Crippen LogP contribution in [0.25, 0.3) is 0 Å². The van der Waals surface area contributed by atoms with Crippen molar-refractivity contribution in [3.8, 4) is 6.07 Å². The zero-order valence-electron chi connectivity index (χ0n) is 7.93. The molecule has 1 fully saturated rings. The van der Waals surface area contributed by atoms with E-state index in [4.69, 9.17) is 21.6 Å². The number of alkyl halides is 1. The molecule has 6 heteroatoms. The van der Waals surface area contributed by atoms with E-state index in [2.05, 4.69) is 9.97 Å². The highest BCUT2D eigenvalue weighted by Crippen LogP contribution is 2.16. The highest BCUT2D eigenvalue weighted by molar-refractivity contribution is 6.20. The lowest BCUT2D eigenvalue weighted by molar-refractivity contribution is 0.0931. The normalized spacial score (nSPS) is 21.1. The SMILES string of the molecule is N#Cc1nccc(N2CCOC(Cl)C2)n1. The average molecular weight is 225 g/mol. The van der Waals surface area contributed by atoms with Crippen molar-refractivity contribution in [3.63, 3.8) is 0 Å². The summed E-state index contributed by atoms with van der Waals surface area (Å²) in [7, 11) is 0. The molecule has 0 aliphatic carbocycles. The van der Waals surface area contributed by atoms with Gasteiger partial charge in [-0.2, -0.15) is 5.26 Å². The van der Waals surface area contributed by atoms with Crippen molar-refractivity contribution in [2.45, 2.75) is 5.56 Å². The smallest absolute Gasteiger partial charge is 0.234 e. The molecule has 1 aromatic heterocycles. The fourth-order valence-corrected chi connectivity index (χ4v) is 1.65. The first-order valence-corrected chi connectivity index (χ1v) is 4.97. The fraction of sp³-hybridized carbons (Fsp3) is 0.444. The maximum atomic E-state index is 8.67. The molecule has 1 unspecified atom stereocenters. The summed E-state index contributed by atoms with van der Waals surface area (Å²) in [5.74, 6) is 0.889. The molecule has 78 valence electrons. The molecule has 1 saturated heterocycles. The number of anilines is 1. The van der Waals surface area contributed by atoms with Gasteiger partial charge >= 0.3 is 0 Å². The van der Waals surface area contributed by atoms with Crippen molar-refractivity contribution < 1.29 is 4.74 Å². The minimum atomic E-state index is -0.320. The molecule has 1 aliphatic rings. The third-order valence-corrected chi connectivity index (χ3v) is 2.35. The molecule has 0 aromatic carbocycles. The molecule has 0 bridgehead atoms. The Balaban J connectivity index is 2.18. The molecular weight excluding hydrogens is 216 g/mol. The maximum absolute atomic E-state index is 8.67. The van der Waals surface area contributed by atoms with E-state index >= 15 is 0 Å². The Bertz CT molecular complexity index is 392. The average Bonchev–Trinajstić information content (AvgIpc) is 2.29. The molecule has 0 amide bonds. The van der Waals surface area contributed by atoms with Crippen LogP contribution in [-0.4, -0.2) is 35.2 Å². The Kier molecular flexibility index (Phi) is 2.99. The topological polar surface area (TPSA) is 62.0 Å². The van der Waals surface area contributed by atoms with Gasteiger partial charge in [-0.15, -0.1) is 0 Å². The van der Waals surface area contributed by atoms with Crippen molar-refractivity contribution in [2.75, 3.05) is 24.6 Å². The second kappa shape index (κ2) is 4.43. The number of nitriles is 1. The van der Waals surface area contributed by atoms with Gasteiger partial charge < -0.3 is 9.64 Å². The molecule has 15 heavy (non-hydrogen) atoms. The van der Waals surface area contributed by atoms with E-state index < -0.39 is 0 Å². The van der Waals surface area contributed by atoms with Crippen LogP contribution in [0.4, 0.5) is 5.82 Å². The van der Waals surface area contributed by atoms with Crippen LogP contribution in [0.1, 0.15) is 5.82 Å². The van der Waals surface area contributed by atoms with Crippen LogP contribution in [0.3, 0.4) is 0 Å². The van der Waals surface area contributed by atoms with Gasteiger partial charge in [-0.05, 0) is 6.07 Å². The van der Waals surface area contributed by atoms with E-state index in [1.165, 1.54) is 0 Å². The van der Waals surface area contributed by atoms with Crippen molar-refractivity contribution in [2.24, 2.45) is 0 Å².